The zero-order valence-corrected chi connectivity index (χ0v) is 34.9. The molecule has 2 aliphatic heterocycles. The lowest BCUT2D eigenvalue weighted by Crippen LogP contribution is -2.49. The van der Waals surface area contributed by atoms with Gasteiger partial charge in [-0.2, -0.15) is 4.72 Å². The molecule has 0 bridgehead atoms. The number of halogens is 1. The third-order valence-electron chi connectivity index (χ3n) is 11.6. The Bertz CT molecular complexity index is 2250. The number of hydrogen-bond acceptors (Lipinski definition) is 8. The van der Waals surface area contributed by atoms with Gasteiger partial charge in [0.2, 0.25) is 15.9 Å². The quantitative estimate of drug-likeness (QED) is 0.0929. The summed E-state index contributed by atoms with van der Waals surface area (Å²) in [5.41, 5.74) is 5.17. The van der Waals surface area contributed by atoms with E-state index in [1.54, 1.807) is 12.1 Å². The third-order valence-corrected chi connectivity index (χ3v) is 13.3. The van der Waals surface area contributed by atoms with Crippen LogP contribution in [0.1, 0.15) is 71.1 Å². The van der Waals surface area contributed by atoms with Crippen molar-refractivity contribution in [1.29, 1.82) is 0 Å². The number of aliphatic hydroxyl groups excluding tert-OH is 1. The second-order valence-corrected chi connectivity index (χ2v) is 17.9. The first kappa shape index (κ1) is 42.7. The van der Waals surface area contributed by atoms with Crippen LogP contribution in [0, 0.1) is 12.8 Å². The molecule has 2 aliphatic rings. The van der Waals surface area contributed by atoms with E-state index in [-0.39, 0.29) is 42.6 Å². The predicted molar refractivity (Wildman–Crippen MR) is 228 cm³/mol. The van der Waals surface area contributed by atoms with Crippen LogP contribution in [0.25, 0.3) is 0 Å². The average Bonchev–Trinajstić information content (AvgIpc) is 3.25. The minimum absolute atomic E-state index is 0.00921. The highest BCUT2D eigenvalue weighted by atomic mass is 35.5. The highest BCUT2D eigenvalue weighted by Crippen LogP contribution is 2.42. The molecule has 7 rings (SSSR count). The van der Waals surface area contributed by atoms with Gasteiger partial charge in [-0.3, -0.25) is 4.79 Å². The molecule has 12 heteroatoms. The standard InChI is InChI=1S/C47H52ClN3O7S/c1-32-8-22-41(23-9-32)59(55,56)50-42(28-34-6-4-3-5-7-34)45(53)49-29-35-10-16-38(17-11-35)46-57-43(33(2)44(58-46)37-14-12-36(31-52)13-15-37)30-51-26-24-47(54,25-27-51)39-18-20-40(48)21-19-39/h3-23,33,42-44,46,50,52,54H,24-31H2,1-2H3,(H,49,53)/t33-,42+,43+,44+,46?/m0/s1. The summed E-state index contributed by atoms with van der Waals surface area (Å²) in [4.78, 5) is 16.1. The van der Waals surface area contributed by atoms with Crippen LogP contribution in [0.5, 0.6) is 0 Å². The smallest absolute Gasteiger partial charge is 0.241 e. The van der Waals surface area contributed by atoms with Crippen molar-refractivity contribution in [3.8, 4) is 0 Å². The number of aliphatic hydroxyl groups is 2. The van der Waals surface area contributed by atoms with Gasteiger partial charge >= 0.3 is 0 Å². The Kier molecular flexibility index (Phi) is 13.7. The fraction of sp³-hybridized carbons (Fsp3) is 0.340. The number of amides is 1. The van der Waals surface area contributed by atoms with E-state index in [4.69, 9.17) is 21.1 Å². The van der Waals surface area contributed by atoms with Crippen molar-refractivity contribution in [2.45, 2.75) is 81.3 Å². The van der Waals surface area contributed by atoms with Gasteiger partial charge in [-0.15, -0.1) is 0 Å². The topological polar surface area (TPSA) is 137 Å². The molecule has 2 heterocycles. The summed E-state index contributed by atoms with van der Waals surface area (Å²) in [5, 5.41) is 24.8. The van der Waals surface area contributed by atoms with Crippen molar-refractivity contribution in [1.82, 2.24) is 14.9 Å². The molecular weight excluding hydrogens is 786 g/mol. The number of nitrogens with one attached hydrogen (secondary N) is 2. The maximum Gasteiger partial charge on any atom is 0.241 e. The van der Waals surface area contributed by atoms with Crippen molar-refractivity contribution in [2.75, 3.05) is 19.6 Å². The van der Waals surface area contributed by atoms with Crippen LogP contribution in [0.4, 0.5) is 0 Å². The fourth-order valence-corrected chi connectivity index (χ4v) is 9.17. The molecule has 4 N–H and O–H groups in total. The van der Waals surface area contributed by atoms with Crippen LogP contribution in [-0.4, -0.2) is 61.2 Å². The van der Waals surface area contributed by atoms with E-state index < -0.39 is 33.9 Å². The van der Waals surface area contributed by atoms with Crippen molar-refractivity contribution in [2.24, 2.45) is 5.92 Å². The molecule has 5 aromatic rings. The first-order chi connectivity index (χ1) is 28.4. The van der Waals surface area contributed by atoms with Gasteiger partial charge in [-0.1, -0.05) is 127 Å². The second kappa shape index (κ2) is 18.9. The summed E-state index contributed by atoms with van der Waals surface area (Å²) in [6, 6.07) is 37.7. The van der Waals surface area contributed by atoms with E-state index in [1.165, 1.54) is 12.1 Å². The number of ether oxygens (including phenoxy) is 2. The molecule has 59 heavy (non-hydrogen) atoms. The number of benzene rings is 5. The molecule has 1 unspecified atom stereocenters. The molecule has 0 aliphatic carbocycles. The van der Waals surface area contributed by atoms with E-state index in [0.717, 1.165) is 38.9 Å². The van der Waals surface area contributed by atoms with Gasteiger partial charge in [0, 0.05) is 42.7 Å². The van der Waals surface area contributed by atoms with Gasteiger partial charge in [-0.25, -0.2) is 8.42 Å². The van der Waals surface area contributed by atoms with Crippen molar-refractivity contribution in [3.63, 3.8) is 0 Å². The molecule has 5 aromatic carbocycles. The Hall–Kier alpha value is -4.43. The highest BCUT2D eigenvalue weighted by Gasteiger charge is 2.41. The number of likely N-dealkylation sites (tertiary alicyclic amines) is 1. The van der Waals surface area contributed by atoms with Gasteiger partial charge < -0.3 is 29.9 Å². The Labute approximate surface area is 352 Å². The molecule has 0 spiro atoms. The fourth-order valence-electron chi connectivity index (χ4n) is 7.85. The number of hydrogen-bond donors (Lipinski definition) is 4. The van der Waals surface area contributed by atoms with Crippen LogP contribution in [0.3, 0.4) is 0 Å². The Morgan fingerprint density at radius 2 is 1.46 bits per heavy atom. The number of sulfonamides is 1. The zero-order chi connectivity index (χ0) is 41.6. The van der Waals surface area contributed by atoms with Crippen LogP contribution in [-0.2, 0) is 49.5 Å². The first-order valence-electron chi connectivity index (χ1n) is 20.1. The lowest BCUT2D eigenvalue weighted by molar-refractivity contribution is -0.277. The summed E-state index contributed by atoms with van der Waals surface area (Å²) in [7, 11) is -3.97. The second-order valence-electron chi connectivity index (χ2n) is 15.8. The summed E-state index contributed by atoms with van der Waals surface area (Å²) < 4.78 is 42.8. The summed E-state index contributed by atoms with van der Waals surface area (Å²) in [6.07, 6.45) is 0.201. The maximum atomic E-state index is 13.6. The molecule has 2 fully saturated rings. The Morgan fingerprint density at radius 1 is 0.831 bits per heavy atom. The van der Waals surface area contributed by atoms with E-state index in [1.807, 2.05) is 110 Å². The largest absolute Gasteiger partial charge is 0.392 e. The molecule has 0 saturated carbocycles. The number of piperidine rings is 1. The lowest BCUT2D eigenvalue weighted by atomic mass is 9.84. The predicted octanol–water partition coefficient (Wildman–Crippen LogP) is 7.12. The normalized spacial score (nSPS) is 21.4. The van der Waals surface area contributed by atoms with Crippen molar-refractivity contribution in [3.05, 3.63) is 171 Å². The van der Waals surface area contributed by atoms with Crippen LogP contribution in [0.2, 0.25) is 5.02 Å². The SMILES string of the molecule is Cc1ccc(S(=O)(=O)N[C@H](Cc2ccccc2)C(=O)NCc2ccc(C3O[C@H](CN4CCC(O)(c5ccc(Cl)cc5)CC4)[C@H](C)[C@H](c4ccc(CO)cc4)O3)cc2)cc1. The maximum absolute atomic E-state index is 13.6. The Morgan fingerprint density at radius 3 is 2.10 bits per heavy atom. The minimum Gasteiger partial charge on any atom is -0.392 e. The molecule has 5 atom stereocenters. The van der Waals surface area contributed by atoms with Gasteiger partial charge in [0.25, 0.3) is 0 Å². The van der Waals surface area contributed by atoms with E-state index >= 15 is 0 Å². The molecule has 0 radical (unpaired) electrons. The van der Waals surface area contributed by atoms with Crippen molar-refractivity contribution < 1.29 is 32.9 Å². The lowest BCUT2D eigenvalue weighted by Gasteiger charge is -2.45. The first-order valence-corrected chi connectivity index (χ1v) is 22.0. The van der Waals surface area contributed by atoms with Crippen LogP contribution in [0.15, 0.2) is 132 Å². The van der Waals surface area contributed by atoms with Crippen LogP contribution >= 0.6 is 11.6 Å². The summed E-state index contributed by atoms with van der Waals surface area (Å²) in [5.74, 6) is -0.450. The summed E-state index contributed by atoms with van der Waals surface area (Å²) >= 11 is 6.11. The number of carbonyl (C=O) groups is 1. The average molecular weight is 838 g/mol. The zero-order valence-electron chi connectivity index (χ0n) is 33.3. The number of aryl methyl sites for hydroxylation is 1. The van der Waals surface area contributed by atoms with Crippen LogP contribution < -0.4 is 10.0 Å². The molecule has 2 saturated heterocycles. The molecule has 10 nitrogen and oxygen atoms in total. The summed E-state index contributed by atoms with van der Waals surface area (Å²) in [6.45, 7) is 6.21. The van der Waals surface area contributed by atoms with Gasteiger partial charge in [0.05, 0.1) is 29.3 Å². The van der Waals surface area contributed by atoms with Gasteiger partial charge in [0.1, 0.15) is 6.04 Å². The van der Waals surface area contributed by atoms with E-state index in [2.05, 4.69) is 21.9 Å². The number of rotatable bonds is 14. The molecule has 0 aromatic heterocycles. The molecule has 310 valence electrons. The third kappa shape index (κ3) is 10.7. The minimum atomic E-state index is -3.97. The molecule has 1 amide bonds. The van der Waals surface area contributed by atoms with Crippen molar-refractivity contribution >= 4 is 27.5 Å². The van der Waals surface area contributed by atoms with Gasteiger partial charge in [-0.05, 0) is 78.3 Å². The highest BCUT2D eigenvalue weighted by molar-refractivity contribution is 7.89. The monoisotopic (exact) mass is 837 g/mol. The number of carbonyl (C=O) groups excluding carboxylic acids is 1. The van der Waals surface area contributed by atoms with E-state index in [0.29, 0.717) is 37.5 Å². The van der Waals surface area contributed by atoms with Gasteiger partial charge in [0.15, 0.2) is 6.29 Å². The Balaban J connectivity index is 1.03. The number of nitrogens with zero attached hydrogens (tertiary/aromatic N) is 1. The van der Waals surface area contributed by atoms with E-state index in [9.17, 15) is 23.4 Å². The molecular formula is C47H52ClN3O7S.